The molecule has 0 amide bonds. The number of aliphatic hydroxyl groups excluding tert-OH is 8. The summed E-state index contributed by atoms with van der Waals surface area (Å²) in [5.74, 6) is -1.21. The molecule has 0 saturated carbocycles. The largest absolute Gasteiger partial charge is 0.394 e. The van der Waals surface area contributed by atoms with Gasteiger partial charge in [-0.15, -0.1) is 0 Å². The molecule has 9 atom stereocenters. The first kappa shape index (κ1) is 22.3. The Labute approximate surface area is 143 Å². The molecule has 0 aliphatic carbocycles. The summed E-state index contributed by atoms with van der Waals surface area (Å²) < 4.78 is 10.4. The highest BCUT2D eigenvalue weighted by Crippen LogP contribution is 2.22. The van der Waals surface area contributed by atoms with Gasteiger partial charge in [-0.25, -0.2) is 0 Å². The maximum absolute atomic E-state index is 10.5. The molecular formula is C14H26O11. The summed E-state index contributed by atoms with van der Waals surface area (Å²) in [7, 11) is 0. The Kier molecular flexibility index (Phi) is 9.30. The van der Waals surface area contributed by atoms with E-state index in [1.54, 1.807) is 0 Å². The van der Waals surface area contributed by atoms with Crippen molar-refractivity contribution in [1.82, 2.24) is 0 Å². The van der Waals surface area contributed by atoms with Gasteiger partial charge in [0.15, 0.2) is 6.29 Å². The number of hydrogen-bond acceptors (Lipinski definition) is 11. The summed E-state index contributed by atoms with van der Waals surface area (Å²) in [5.41, 5.74) is 0. The van der Waals surface area contributed by atoms with E-state index in [1.807, 2.05) is 0 Å². The van der Waals surface area contributed by atoms with E-state index in [0.717, 1.165) is 0 Å². The van der Waals surface area contributed by atoms with Crippen LogP contribution in [0.1, 0.15) is 0 Å². The van der Waals surface area contributed by atoms with E-state index in [-0.39, 0.29) is 12.9 Å². The van der Waals surface area contributed by atoms with Gasteiger partial charge in [-0.3, -0.25) is 0 Å². The van der Waals surface area contributed by atoms with Gasteiger partial charge in [-0.2, -0.15) is 0 Å². The minimum absolute atomic E-state index is 0.0688. The highest BCUT2D eigenvalue weighted by atomic mass is 16.6. The average Bonchev–Trinajstić information content (AvgIpc) is 2.63. The highest BCUT2D eigenvalue weighted by Gasteiger charge is 2.43. The van der Waals surface area contributed by atoms with E-state index in [1.165, 1.54) is 0 Å². The topological polar surface area (TPSA) is 197 Å². The van der Waals surface area contributed by atoms with Gasteiger partial charge in [0.2, 0.25) is 0 Å². The normalized spacial score (nSPS) is 35.0. The minimum Gasteiger partial charge on any atom is -0.394 e. The number of aldehydes is 1. The number of carbonyl (C=O) groups excluding carboxylic acids is 1. The number of aliphatic hydroxyl groups is 8. The molecule has 0 aromatic heterocycles. The lowest BCUT2D eigenvalue weighted by Gasteiger charge is -2.40. The van der Waals surface area contributed by atoms with Gasteiger partial charge in [0.05, 0.1) is 38.6 Å². The van der Waals surface area contributed by atoms with Crippen LogP contribution in [0.2, 0.25) is 0 Å². The minimum atomic E-state index is -1.79. The van der Waals surface area contributed by atoms with Crippen molar-refractivity contribution in [2.45, 2.75) is 48.8 Å². The Bertz CT molecular complexity index is 393. The van der Waals surface area contributed by atoms with Crippen LogP contribution in [0.25, 0.3) is 0 Å². The number of ether oxygens (including phenoxy) is 2. The lowest BCUT2D eigenvalue weighted by atomic mass is 9.93. The molecule has 1 saturated heterocycles. The third kappa shape index (κ3) is 5.62. The van der Waals surface area contributed by atoms with Gasteiger partial charge in [-0.05, 0) is 0 Å². The molecule has 25 heavy (non-hydrogen) atoms. The maximum Gasteiger partial charge on any atom is 0.151 e. The molecule has 1 aliphatic rings. The Balaban J connectivity index is 2.63. The monoisotopic (exact) mass is 370 g/mol. The van der Waals surface area contributed by atoms with Crippen LogP contribution in [0.4, 0.5) is 0 Å². The first-order chi connectivity index (χ1) is 11.8. The number of hydrogen-bond donors (Lipinski definition) is 8. The van der Waals surface area contributed by atoms with E-state index in [2.05, 4.69) is 0 Å². The molecule has 0 radical (unpaired) electrons. The first-order valence-corrected chi connectivity index (χ1v) is 7.77. The number of rotatable bonds is 10. The molecule has 8 N–H and O–H groups in total. The van der Waals surface area contributed by atoms with Gasteiger partial charge in [-0.1, -0.05) is 0 Å². The van der Waals surface area contributed by atoms with Crippen molar-refractivity contribution in [3.05, 3.63) is 0 Å². The van der Waals surface area contributed by atoms with Crippen molar-refractivity contribution in [2.75, 3.05) is 26.4 Å². The van der Waals surface area contributed by atoms with Crippen molar-refractivity contribution in [1.29, 1.82) is 0 Å². The van der Waals surface area contributed by atoms with E-state index in [9.17, 15) is 35.4 Å². The SMILES string of the molecule is O=CC(O)[C@@H](O)[C@@H](COC[C@@H]1OC(CO)[C@H](O)[C@H](O)C1O)C(O)CO. The van der Waals surface area contributed by atoms with Crippen LogP contribution in [-0.4, -0.2) is 122 Å². The summed E-state index contributed by atoms with van der Waals surface area (Å²) in [5, 5.41) is 76.1. The smallest absolute Gasteiger partial charge is 0.151 e. The van der Waals surface area contributed by atoms with Crippen molar-refractivity contribution in [3.8, 4) is 0 Å². The molecule has 1 rings (SSSR count). The van der Waals surface area contributed by atoms with Crippen LogP contribution in [0.5, 0.6) is 0 Å². The van der Waals surface area contributed by atoms with Crippen LogP contribution < -0.4 is 0 Å². The Morgan fingerprint density at radius 3 is 2.12 bits per heavy atom. The molecular weight excluding hydrogens is 344 g/mol. The van der Waals surface area contributed by atoms with Gasteiger partial charge in [0, 0.05) is 5.92 Å². The fourth-order valence-electron chi connectivity index (χ4n) is 2.54. The van der Waals surface area contributed by atoms with Gasteiger partial charge in [0.25, 0.3) is 0 Å². The molecule has 11 heteroatoms. The predicted molar refractivity (Wildman–Crippen MR) is 79.2 cm³/mol. The van der Waals surface area contributed by atoms with Crippen LogP contribution in [-0.2, 0) is 14.3 Å². The van der Waals surface area contributed by atoms with Crippen molar-refractivity contribution in [2.24, 2.45) is 5.92 Å². The van der Waals surface area contributed by atoms with Crippen LogP contribution >= 0.6 is 0 Å². The lowest BCUT2D eigenvalue weighted by molar-refractivity contribution is -0.240. The fraction of sp³-hybridized carbons (Fsp3) is 0.929. The van der Waals surface area contributed by atoms with Crippen molar-refractivity contribution >= 4 is 6.29 Å². The van der Waals surface area contributed by atoms with Crippen molar-refractivity contribution in [3.63, 3.8) is 0 Å². The number of carbonyl (C=O) groups is 1. The third-order valence-corrected chi connectivity index (χ3v) is 4.19. The summed E-state index contributed by atoms with van der Waals surface area (Å²) in [6.07, 6.45) is -11.7. The Morgan fingerprint density at radius 2 is 1.60 bits per heavy atom. The third-order valence-electron chi connectivity index (χ3n) is 4.19. The molecule has 4 unspecified atom stereocenters. The zero-order valence-electron chi connectivity index (χ0n) is 13.4. The predicted octanol–water partition coefficient (Wildman–Crippen LogP) is -5.26. The Hall–Kier alpha value is -0.730. The van der Waals surface area contributed by atoms with Crippen LogP contribution in [0.3, 0.4) is 0 Å². The van der Waals surface area contributed by atoms with E-state index < -0.39 is 74.6 Å². The second-order valence-electron chi connectivity index (χ2n) is 5.94. The van der Waals surface area contributed by atoms with E-state index in [4.69, 9.17) is 19.7 Å². The molecule has 11 nitrogen and oxygen atoms in total. The van der Waals surface area contributed by atoms with Crippen LogP contribution in [0.15, 0.2) is 0 Å². The quantitative estimate of drug-likeness (QED) is 0.171. The van der Waals surface area contributed by atoms with Gasteiger partial charge >= 0.3 is 0 Å². The van der Waals surface area contributed by atoms with Crippen LogP contribution in [0, 0.1) is 5.92 Å². The molecule has 0 aromatic rings. The second kappa shape index (κ2) is 10.4. The summed E-state index contributed by atoms with van der Waals surface area (Å²) in [6, 6.07) is 0. The van der Waals surface area contributed by atoms with Gasteiger partial charge < -0.3 is 55.1 Å². The fourth-order valence-corrected chi connectivity index (χ4v) is 2.54. The zero-order chi connectivity index (χ0) is 19.1. The zero-order valence-corrected chi connectivity index (χ0v) is 13.4. The molecule has 0 spiro atoms. The van der Waals surface area contributed by atoms with Gasteiger partial charge in [0.1, 0.15) is 36.6 Å². The van der Waals surface area contributed by atoms with Crippen molar-refractivity contribution < 1.29 is 55.1 Å². The molecule has 0 aromatic carbocycles. The molecule has 0 bridgehead atoms. The lowest BCUT2D eigenvalue weighted by Crippen LogP contribution is -2.59. The summed E-state index contributed by atoms with van der Waals surface area (Å²) in [6.45, 7) is -2.11. The summed E-state index contributed by atoms with van der Waals surface area (Å²) >= 11 is 0. The highest BCUT2D eigenvalue weighted by molar-refractivity contribution is 5.56. The molecule has 1 aliphatic heterocycles. The first-order valence-electron chi connectivity index (χ1n) is 7.77. The van der Waals surface area contributed by atoms with E-state index in [0.29, 0.717) is 0 Å². The molecule has 1 fully saturated rings. The Morgan fingerprint density at radius 1 is 1.00 bits per heavy atom. The standard InChI is InChI=1S/C14H26O11/c15-1-7(18)6(11(20)8(19)2-16)4-24-5-10-13(22)14(23)12(21)9(3-17)25-10/h2,6-15,17-23H,1,3-5H2/t6-,7?,8?,9?,10-,11-,12-,13?,14-/m0/s1. The summed E-state index contributed by atoms with van der Waals surface area (Å²) in [4.78, 5) is 10.5. The second-order valence-corrected chi connectivity index (χ2v) is 5.94. The average molecular weight is 370 g/mol. The van der Waals surface area contributed by atoms with E-state index >= 15 is 0 Å². The maximum atomic E-state index is 10.5. The molecule has 148 valence electrons. The molecule has 1 heterocycles.